The minimum absolute atomic E-state index is 0.0615. The standard InChI is InChI=1S/C26H31F2NO6/c1-2-33-24(25(30)31)15-18-7-9-20(10-8-18)34-14-13-29(17-19-5-3-4-6-19)26(32)35-21-11-12-22(27)23(28)16-21/h7-12,16,19,24H,2-6,13-15,17H2,1H3,(H,30,31). The van der Waals surface area contributed by atoms with Crippen LogP contribution < -0.4 is 9.47 Å². The summed E-state index contributed by atoms with van der Waals surface area (Å²) in [7, 11) is 0. The quantitative estimate of drug-likeness (QED) is 0.446. The van der Waals surface area contributed by atoms with Crippen LogP contribution in [0.15, 0.2) is 42.5 Å². The Bertz CT molecular complexity index is 978. The van der Waals surface area contributed by atoms with E-state index in [9.17, 15) is 23.5 Å². The predicted octanol–water partition coefficient (Wildman–Crippen LogP) is 5.07. The molecule has 0 aliphatic heterocycles. The Morgan fingerprint density at radius 3 is 2.37 bits per heavy atom. The van der Waals surface area contributed by atoms with Gasteiger partial charge in [-0.2, -0.15) is 0 Å². The number of carboxylic acids is 1. The molecule has 1 aliphatic carbocycles. The maximum absolute atomic E-state index is 13.5. The fourth-order valence-corrected chi connectivity index (χ4v) is 4.10. The number of hydrogen-bond acceptors (Lipinski definition) is 5. The molecule has 7 nitrogen and oxygen atoms in total. The topological polar surface area (TPSA) is 85.3 Å². The molecule has 0 radical (unpaired) electrons. The molecule has 1 unspecified atom stereocenters. The van der Waals surface area contributed by atoms with E-state index < -0.39 is 29.8 Å². The summed E-state index contributed by atoms with van der Waals surface area (Å²) in [6, 6.07) is 10.00. The summed E-state index contributed by atoms with van der Waals surface area (Å²) in [5.41, 5.74) is 0.802. The smallest absolute Gasteiger partial charge is 0.415 e. The van der Waals surface area contributed by atoms with Gasteiger partial charge in [0, 0.05) is 25.6 Å². The zero-order valence-electron chi connectivity index (χ0n) is 19.8. The molecule has 2 aromatic carbocycles. The third-order valence-electron chi connectivity index (χ3n) is 5.93. The van der Waals surface area contributed by atoms with E-state index in [1.54, 1.807) is 31.2 Å². The van der Waals surface area contributed by atoms with Crippen molar-refractivity contribution in [2.75, 3.05) is 26.3 Å². The predicted molar refractivity (Wildman–Crippen MR) is 125 cm³/mol. The fourth-order valence-electron chi connectivity index (χ4n) is 4.10. The van der Waals surface area contributed by atoms with Gasteiger partial charge in [0.25, 0.3) is 0 Å². The fraction of sp³-hybridized carbons (Fsp3) is 0.462. The SMILES string of the molecule is CCOC(Cc1ccc(OCCN(CC2CCCC2)C(=O)Oc2ccc(F)c(F)c2)cc1)C(=O)O. The van der Waals surface area contributed by atoms with Gasteiger partial charge in [-0.05, 0) is 55.5 Å². The third kappa shape index (κ3) is 8.20. The molecule has 0 aromatic heterocycles. The first-order valence-electron chi connectivity index (χ1n) is 11.8. The normalized spacial score (nSPS) is 14.5. The largest absolute Gasteiger partial charge is 0.492 e. The number of carbonyl (C=O) groups is 2. The summed E-state index contributed by atoms with van der Waals surface area (Å²) in [6.07, 6.45) is 2.98. The molecule has 2 aromatic rings. The Morgan fingerprint density at radius 2 is 1.74 bits per heavy atom. The molecule has 0 bridgehead atoms. The lowest BCUT2D eigenvalue weighted by Gasteiger charge is -2.25. The van der Waals surface area contributed by atoms with Gasteiger partial charge < -0.3 is 24.2 Å². The van der Waals surface area contributed by atoms with Crippen LogP contribution in [-0.2, 0) is 16.0 Å². The number of carboxylic acid groups (broad SMARTS) is 1. The average molecular weight is 492 g/mol. The van der Waals surface area contributed by atoms with Crippen molar-refractivity contribution in [3.8, 4) is 11.5 Å². The van der Waals surface area contributed by atoms with Crippen LogP contribution in [0, 0.1) is 17.6 Å². The molecular weight excluding hydrogens is 460 g/mol. The van der Waals surface area contributed by atoms with Crippen molar-refractivity contribution in [2.24, 2.45) is 5.92 Å². The molecule has 9 heteroatoms. The van der Waals surface area contributed by atoms with Crippen LogP contribution in [0.3, 0.4) is 0 Å². The number of halogens is 2. The zero-order valence-corrected chi connectivity index (χ0v) is 19.8. The molecule has 1 atom stereocenters. The summed E-state index contributed by atoms with van der Waals surface area (Å²) in [4.78, 5) is 25.6. The summed E-state index contributed by atoms with van der Waals surface area (Å²) in [5.74, 6) is -2.23. The van der Waals surface area contributed by atoms with Crippen molar-refractivity contribution >= 4 is 12.1 Å². The van der Waals surface area contributed by atoms with E-state index in [0.717, 1.165) is 43.4 Å². The van der Waals surface area contributed by atoms with Crippen LogP contribution in [0.25, 0.3) is 0 Å². The number of benzene rings is 2. The number of hydrogen-bond donors (Lipinski definition) is 1. The number of amides is 1. The van der Waals surface area contributed by atoms with Gasteiger partial charge in [0.2, 0.25) is 0 Å². The number of rotatable bonds is 12. The number of aliphatic carboxylic acids is 1. The van der Waals surface area contributed by atoms with Crippen LogP contribution in [0.1, 0.15) is 38.2 Å². The van der Waals surface area contributed by atoms with E-state index in [-0.39, 0.29) is 25.3 Å². The van der Waals surface area contributed by atoms with E-state index in [4.69, 9.17) is 14.2 Å². The maximum Gasteiger partial charge on any atom is 0.415 e. The summed E-state index contributed by atoms with van der Waals surface area (Å²) >= 11 is 0. The van der Waals surface area contributed by atoms with E-state index >= 15 is 0 Å². The minimum atomic E-state index is -1.08. The summed E-state index contributed by atoms with van der Waals surface area (Å²) in [6.45, 7) is 3.02. The van der Waals surface area contributed by atoms with Crippen molar-refractivity contribution in [1.29, 1.82) is 0 Å². The Kier molecular flexibility index (Phi) is 9.84. The van der Waals surface area contributed by atoms with Gasteiger partial charge in [0.1, 0.15) is 18.1 Å². The Balaban J connectivity index is 1.56. The van der Waals surface area contributed by atoms with Gasteiger partial charge in [-0.1, -0.05) is 25.0 Å². The Hall–Kier alpha value is -3.20. The second-order valence-corrected chi connectivity index (χ2v) is 8.52. The third-order valence-corrected chi connectivity index (χ3v) is 5.93. The lowest BCUT2D eigenvalue weighted by Crippen LogP contribution is -2.39. The van der Waals surface area contributed by atoms with Crippen molar-refractivity contribution in [1.82, 2.24) is 4.90 Å². The average Bonchev–Trinajstić information content (AvgIpc) is 3.34. The molecule has 1 fully saturated rings. The monoisotopic (exact) mass is 491 g/mol. The van der Waals surface area contributed by atoms with Crippen LogP contribution in [-0.4, -0.2) is 54.5 Å². The van der Waals surface area contributed by atoms with Crippen LogP contribution in [0.4, 0.5) is 13.6 Å². The molecule has 0 heterocycles. The van der Waals surface area contributed by atoms with Crippen molar-refractivity contribution < 1.29 is 37.7 Å². The second-order valence-electron chi connectivity index (χ2n) is 8.52. The zero-order chi connectivity index (χ0) is 25.2. The lowest BCUT2D eigenvalue weighted by atomic mass is 10.1. The van der Waals surface area contributed by atoms with Crippen LogP contribution in [0.5, 0.6) is 11.5 Å². The first-order chi connectivity index (χ1) is 16.9. The molecule has 35 heavy (non-hydrogen) atoms. The molecule has 1 aliphatic rings. The van der Waals surface area contributed by atoms with E-state index in [2.05, 4.69) is 0 Å². The van der Waals surface area contributed by atoms with Gasteiger partial charge >= 0.3 is 12.1 Å². The molecule has 1 amide bonds. The van der Waals surface area contributed by atoms with Crippen molar-refractivity contribution in [2.45, 2.75) is 45.1 Å². The Morgan fingerprint density at radius 1 is 1.06 bits per heavy atom. The van der Waals surface area contributed by atoms with Gasteiger partial charge in [-0.25, -0.2) is 18.4 Å². The molecule has 3 rings (SSSR count). The minimum Gasteiger partial charge on any atom is -0.492 e. The highest BCUT2D eigenvalue weighted by Gasteiger charge is 2.24. The first-order valence-corrected chi connectivity index (χ1v) is 11.8. The van der Waals surface area contributed by atoms with Gasteiger partial charge in [0.15, 0.2) is 17.7 Å². The molecule has 1 saturated carbocycles. The van der Waals surface area contributed by atoms with Crippen LogP contribution in [0.2, 0.25) is 0 Å². The van der Waals surface area contributed by atoms with Crippen molar-refractivity contribution in [3.63, 3.8) is 0 Å². The highest BCUT2D eigenvalue weighted by Crippen LogP contribution is 2.26. The Labute approximate surface area is 203 Å². The van der Waals surface area contributed by atoms with Crippen LogP contribution >= 0.6 is 0 Å². The summed E-state index contributed by atoms with van der Waals surface area (Å²) in [5, 5.41) is 9.23. The van der Waals surface area contributed by atoms with E-state index in [0.29, 0.717) is 24.8 Å². The lowest BCUT2D eigenvalue weighted by molar-refractivity contribution is -0.149. The highest BCUT2D eigenvalue weighted by atomic mass is 19.2. The number of ether oxygens (including phenoxy) is 3. The maximum atomic E-state index is 13.5. The van der Waals surface area contributed by atoms with Gasteiger partial charge in [0.05, 0.1) is 6.54 Å². The number of nitrogens with zero attached hydrogens (tertiary/aromatic N) is 1. The first kappa shape index (κ1) is 26.4. The number of carbonyl (C=O) groups excluding carboxylic acids is 1. The van der Waals surface area contributed by atoms with Gasteiger partial charge in [-0.15, -0.1) is 0 Å². The van der Waals surface area contributed by atoms with E-state index in [1.807, 2.05) is 0 Å². The molecule has 0 saturated heterocycles. The van der Waals surface area contributed by atoms with E-state index in [1.165, 1.54) is 11.0 Å². The molecule has 0 spiro atoms. The second kappa shape index (κ2) is 13.0. The molecule has 1 N–H and O–H groups in total. The summed E-state index contributed by atoms with van der Waals surface area (Å²) < 4.78 is 43.0. The van der Waals surface area contributed by atoms with Gasteiger partial charge in [-0.3, -0.25) is 0 Å². The van der Waals surface area contributed by atoms with Crippen molar-refractivity contribution in [3.05, 3.63) is 59.7 Å². The highest BCUT2D eigenvalue weighted by molar-refractivity contribution is 5.72. The molecule has 190 valence electrons. The molecular formula is C26H31F2NO6.